The molecule has 0 amide bonds. The molecule has 0 spiro atoms. The average molecular weight is 304 g/mol. The lowest BCUT2D eigenvalue weighted by molar-refractivity contribution is -0.137. The number of ether oxygens (including phenoxy) is 1. The standard InChI is InChI=1S/C13H15F3N2OS/c1-19-9-4-8(5-9)18-7-2-3-10(12(17)20)11(6-7)13(14,15)16/h2-3,6,8-9,18H,4-5H2,1H3,(H2,17,20). The van der Waals surface area contributed by atoms with Crippen LogP contribution in [0.3, 0.4) is 0 Å². The van der Waals surface area contributed by atoms with Crippen LogP contribution in [0.1, 0.15) is 24.0 Å². The average Bonchev–Trinajstić information content (AvgIpc) is 2.31. The summed E-state index contributed by atoms with van der Waals surface area (Å²) in [4.78, 5) is -0.257. The molecule has 0 heterocycles. The first-order chi connectivity index (χ1) is 9.31. The van der Waals surface area contributed by atoms with Gasteiger partial charge in [0, 0.05) is 24.4 Å². The van der Waals surface area contributed by atoms with E-state index in [2.05, 4.69) is 17.5 Å². The Balaban J connectivity index is 2.18. The summed E-state index contributed by atoms with van der Waals surface area (Å²) in [6.07, 6.45) is -2.72. The number of thiocarbonyl (C=S) groups is 1. The van der Waals surface area contributed by atoms with Crippen molar-refractivity contribution in [2.24, 2.45) is 5.73 Å². The summed E-state index contributed by atoms with van der Waals surface area (Å²) in [6.45, 7) is 0. The first-order valence-electron chi connectivity index (χ1n) is 6.11. The predicted molar refractivity (Wildman–Crippen MR) is 74.8 cm³/mol. The SMILES string of the molecule is COC1CC(Nc2ccc(C(N)=S)c(C(F)(F)F)c2)C1. The third-order valence-electron chi connectivity index (χ3n) is 3.39. The summed E-state index contributed by atoms with van der Waals surface area (Å²) in [5.41, 5.74) is 4.79. The number of methoxy groups -OCH3 is 1. The monoisotopic (exact) mass is 304 g/mol. The number of hydrogen-bond acceptors (Lipinski definition) is 3. The molecule has 1 aromatic rings. The molecular formula is C13H15F3N2OS. The minimum absolute atomic E-state index is 0.136. The molecule has 1 saturated carbocycles. The molecule has 3 N–H and O–H groups in total. The molecule has 110 valence electrons. The van der Waals surface area contributed by atoms with E-state index in [4.69, 9.17) is 10.5 Å². The summed E-state index contributed by atoms with van der Waals surface area (Å²) in [7, 11) is 1.62. The minimum Gasteiger partial charge on any atom is -0.389 e. The summed E-state index contributed by atoms with van der Waals surface area (Å²) < 4.78 is 44.1. The van der Waals surface area contributed by atoms with E-state index in [0.717, 1.165) is 18.9 Å². The molecule has 0 unspecified atom stereocenters. The second-order valence-corrected chi connectivity index (χ2v) is 5.23. The molecule has 2 rings (SSSR count). The molecule has 20 heavy (non-hydrogen) atoms. The van der Waals surface area contributed by atoms with Crippen molar-refractivity contribution in [1.82, 2.24) is 0 Å². The van der Waals surface area contributed by atoms with Crippen LogP contribution in [-0.2, 0) is 10.9 Å². The molecule has 0 aliphatic heterocycles. The lowest BCUT2D eigenvalue weighted by Crippen LogP contribution is -2.40. The third-order valence-corrected chi connectivity index (χ3v) is 3.61. The zero-order valence-electron chi connectivity index (χ0n) is 10.8. The van der Waals surface area contributed by atoms with Gasteiger partial charge in [0.2, 0.25) is 0 Å². The smallest absolute Gasteiger partial charge is 0.389 e. The Bertz CT molecular complexity index is 513. The normalized spacial score (nSPS) is 22.2. The number of hydrogen-bond donors (Lipinski definition) is 2. The number of halogens is 3. The van der Waals surface area contributed by atoms with E-state index in [9.17, 15) is 13.2 Å². The van der Waals surface area contributed by atoms with Gasteiger partial charge in [-0.15, -0.1) is 0 Å². The van der Waals surface area contributed by atoms with Crippen molar-refractivity contribution in [1.29, 1.82) is 0 Å². The van der Waals surface area contributed by atoms with Crippen molar-refractivity contribution < 1.29 is 17.9 Å². The Kier molecular flexibility index (Phi) is 4.19. The highest BCUT2D eigenvalue weighted by Crippen LogP contribution is 2.35. The fourth-order valence-electron chi connectivity index (χ4n) is 2.20. The van der Waals surface area contributed by atoms with Crippen LogP contribution in [0, 0.1) is 0 Å². The van der Waals surface area contributed by atoms with Crippen LogP contribution in [-0.4, -0.2) is 24.2 Å². The van der Waals surface area contributed by atoms with Gasteiger partial charge in [-0.25, -0.2) is 0 Å². The Morgan fingerprint density at radius 1 is 1.40 bits per heavy atom. The minimum atomic E-state index is -4.48. The Hall–Kier alpha value is -1.34. The summed E-state index contributed by atoms with van der Waals surface area (Å²) in [6, 6.07) is 4.05. The topological polar surface area (TPSA) is 47.3 Å². The van der Waals surface area contributed by atoms with Gasteiger partial charge in [-0.2, -0.15) is 13.2 Å². The Labute approximate surface area is 120 Å². The highest BCUT2D eigenvalue weighted by Gasteiger charge is 2.35. The molecule has 0 saturated heterocycles. The third kappa shape index (κ3) is 3.21. The Morgan fingerprint density at radius 2 is 2.05 bits per heavy atom. The van der Waals surface area contributed by atoms with E-state index in [1.165, 1.54) is 6.07 Å². The number of benzene rings is 1. The number of rotatable bonds is 4. The first-order valence-corrected chi connectivity index (χ1v) is 6.52. The molecule has 0 radical (unpaired) electrons. The van der Waals surface area contributed by atoms with Gasteiger partial charge < -0.3 is 15.8 Å². The van der Waals surface area contributed by atoms with Crippen molar-refractivity contribution in [3.05, 3.63) is 29.3 Å². The van der Waals surface area contributed by atoms with Crippen LogP contribution in [0.5, 0.6) is 0 Å². The van der Waals surface area contributed by atoms with Crippen LogP contribution in [0.25, 0.3) is 0 Å². The van der Waals surface area contributed by atoms with Gasteiger partial charge in [0.15, 0.2) is 0 Å². The zero-order chi connectivity index (χ0) is 14.9. The van der Waals surface area contributed by atoms with E-state index in [1.807, 2.05) is 0 Å². The number of nitrogens with two attached hydrogens (primary N) is 1. The number of alkyl halides is 3. The van der Waals surface area contributed by atoms with Crippen LogP contribution >= 0.6 is 12.2 Å². The zero-order valence-corrected chi connectivity index (χ0v) is 11.6. The molecule has 7 heteroatoms. The van der Waals surface area contributed by atoms with Gasteiger partial charge in [0.05, 0.1) is 11.7 Å². The van der Waals surface area contributed by atoms with Gasteiger partial charge in [-0.05, 0) is 31.0 Å². The van der Waals surface area contributed by atoms with Crippen molar-refractivity contribution >= 4 is 22.9 Å². The van der Waals surface area contributed by atoms with Crippen LogP contribution in [0.2, 0.25) is 0 Å². The number of nitrogens with one attached hydrogen (secondary N) is 1. The molecule has 0 atom stereocenters. The van der Waals surface area contributed by atoms with E-state index in [1.54, 1.807) is 13.2 Å². The predicted octanol–water partition coefficient (Wildman–Crippen LogP) is 2.93. The van der Waals surface area contributed by atoms with Gasteiger partial charge >= 0.3 is 6.18 Å². The van der Waals surface area contributed by atoms with Gasteiger partial charge in [-0.1, -0.05) is 12.2 Å². The summed E-state index contributed by atoms with van der Waals surface area (Å²) in [5.74, 6) is 0. The molecule has 3 nitrogen and oxygen atoms in total. The molecule has 1 aliphatic carbocycles. The highest BCUT2D eigenvalue weighted by atomic mass is 32.1. The van der Waals surface area contributed by atoms with Gasteiger partial charge in [-0.3, -0.25) is 0 Å². The second kappa shape index (κ2) is 5.57. The molecule has 1 aliphatic rings. The van der Waals surface area contributed by atoms with E-state index >= 15 is 0 Å². The van der Waals surface area contributed by atoms with Crippen molar-refractivity contribution in [2.75, 3.05) is 12.4 Å². The van der Waals surface area contributed by atoms with E-state index in [-0.39, 0.29) is 22.7 Å². The molecule has 0 aromatic heterocycles. The van der Waals surface area contributed by atoms with Crippen LogP contribution in [0.4, 0.5) is 18.9 Å². The maximum absolute atomic E-state index is 13.0. The summed E-state index contributed by atoms with van der Waals surface area (Å²) >= 11 is 4.66. The van der Waals surface area contributed by atoms with Gasteiger partial charge in [0.25, 0.3) is 0 Å². The first kappa shape index (κ1) is 15.1. The Morgan fingerprint density at radius 3 is 2.55 bits per heavy atom. The van der Waals surface area contributed by atoms with Crippen molar-refractivity contribution in [2.45, 2.75) is 31.2 Å². The molecule has 1 fully saturated rings. The molecule has 1 aromatic carbocycles. The van der Waals surface area contributed by atoms with Crippen LogP contribution in [0.15, 0.2) is 18.2 Å². The lowest BCUT2D eigenvalue weighted by Gasteiger charge is -2.35. The quantitative estimate of drug-likeness (QED) is 0.840. The van der Waals surface area contributed by atoms with Gasteiger partial charge in [0.1, 0.15) is 4.99 Å². The number of anilines is 1. The lowest BCUT2D eigenvalue weighted by atomic mass is 9.89. The fraction of sp³-hybridized carbons (Fsp3) is 0.462. The molecule has 0 bridgehead atoms. The molecular weight excluding hydrogens is 289 g/mol. The van der Waals surface area contributed by atoms with E-state index < -0.39 is 11.7 Å². The maximum Gasteiger partial charge on any atom is 0.417 e. The highest BCUT2D eigenvalue weighted by molar-refractivity contribution is 7.80. The maximum atomic E-state index is 13.0. The fourth-order valence-corrected chi connectivity index (χ4v) is 2.37. The van der Waals surface area contributed by atoms with Crippen molar-refractivity contribution in [3.8, 4) is 0 Å². The van der Waals surface area contributed by atoms with E-state index in [0.29, 0.717) is 5.69 Å². The van der Waals surface area contributed by atoms with Crippen LogP contribution < -0.4 is 11.1 Å². The summed E-state index contributed by atoms with van der Waals surface area (Å²) in [5, 5.41) is 3.06. The second-order valence-electron chi connectivity index (χ2n) is 4.79. The van der Waals surface area contributed by atoms with Crippen molar-refractivity contribution in [3.63, 3.8) is 0 Å². The largest absolute Gasteiger partial charge is 0.417 e.